The van der Waals surface area contributed by atoms with Crippen LogP contribution in [0.5, 0.6) is 5.75 Å². The molecule has 2 heterocycles. The maximum atomic E-state index is 13.1. The predicted molar refractivity (Wildman–Crippen MR) is 111 cm³/mol. The number of aryl methyl sites for hydroxylation is 1. The van der Waals surface area contributed by atoms with Crippen molar-refractivity contribution in [2.75, 3.05) is 37.0 Å². The van der Waals surface area contributed by atoms with Crippen LogP contribution in [-0.4, -0.2) is 42.9 Å². The molecular weight excluding hydrogens is 352 g/mol. The molecule has 0 spiro atoms. The predicted octanol–water partition coefficient (Wildman–Crippen LogP) is 3.35. The third kappa shape index (κ3) is 3.45. The summed E-state index contributed by atoms with van der Waals surface area (Å²) >= 11 is 0. The number of benzene rings is 2. The van der Waals surface area contributed by atoms with Gasteiger partial charge >= 0.3 is 0 Å². The van der Waals surface area contributed by atoms with Gasteiger partial charge in [0.25, 0.3) is 0 Å². The summed E-state index contributed by atoms with van der Waals surface area (Å²) in [5.74, 6) is 1.60. The molecule has 0 saturated heterocycles. The van der Waals surface area contributed by atoms with Crippen molar-refractivity contribution in [3.05, 3.63) is 60.3 Å². The quantitative estimate of drug-likeness (QED) is 0.701. The Labute approximate surface area is 164 Å². The lowest BCUT2D eigenvalue weighted by atomic mass is 10.1. The summed E-state index contributed by atoms with van der Waals surface area (Å²) in [5.41, 5.74) is 4.02. The van der Waals surface area contributed by atoms with Crippen molar-refractivity contribution < 1.29 is 9.53 Å². The number of rotatable bonds is 4. The minimum atomic E-state index is 0.00238. The van der Waals surface area contributed by atoms with Crippen LogP contribution in [0.4, 0.5) is 11.5 Å². The topological polar surface area (TPSA) is 50.6 Å². The average Bonchev–Trinajstić information content (AvgIpc) is 3.12. The van der Waals surface area contributed by atoms with Crippen LogP contribution in [0, 0.1) is 6.92 Å². The maximum Gasteiger partial charge on any atom is 0.248 e. The average molecular weight is 376 g/mol. The smallest absolute Gasteiger partial charge is 0.248 e. The molecule has 3 aromatic rings. The first kappa shape index (κ1) is 18.1. The second kappa shape index (κ2) is 7.38. The first-order chi connectivity index (χ1) is 13.5. The minimum Gasteiger partial charge on any atom is -0.490 e. The van der Waals surface area contributed by atoms with Gasteiger partial charge in [0.1, 0.15) is 18.9 Å². The van der Waals surface area contributed by atoms with Gasteiger partial charge in [0.2, 0.25) is 5.91 Å². The SMILES string of the molecule is Cc1ccc2c(c1)N(C(=O)Cn1cc(-c3ccccc3)c(N(C)C)n1)CCO2. The molecule has 4 rings (SSSR count). The normalized spacial score (nSPS) is 13.0. The van der Waals surface area contributed by atoms with Gasteiger partial charge < -0.3 is 14.5 Å². The molecule has 1 aliphatic heterocycles. The Hall–Kier alpha value is -3.28. The Morgan fingerprint density at radius 2 is 1.96 bits per heavy atom. The van der Waals surface area contributed by atoms with Crippen molar-refractivity contribution in [2.24, 2.45) is 0 Å². The van der Waals surface area contributed by atoms with Crippen molar-refractivity contribution in [2.45, 2.75) is 13.5 Å². The first-order valence-electron chi connectivity index (χ1n) is 9.37. The number of fused-ring (bicyclic) bond motifs is 1. The molecule has 0 radical (unpaired) electrons. The largest absolute Gasteiger partial charge is 0.490 e. The molecule has 144 valence electrons. The van der Waals surface area contributed by atoms with Crippen LogP contribution >= 0.6 is 0 Å². The van der Waals surface area contributed by atoms with Gasteiger partial charge in [-0.05, 0) is 30.2 Å². The van der Waals surface area contributed by atoms with E-state index < -0.39 is 0 Å². The van der Waals surface area contributed by atoms with Crippen LogP contribution in [0.2, 0.25) is 0 Å². The second-order valence-corrected chi connectivity index (χ2v) is 7.19. The fourth-order valence-electron chi connectivity index (χ4n) is 3.45. The molecule has 6 nitrogen and oxygen atoms in total. The van der Waals surface area contributed by atoms with Gasteiger partial charge in [-0.3, -0.25) is 9.48 Å². The van der Waals surface area contributed by atoms with Gasteiger partial charge in [-0.15, -0.1) is 0 Å². The summed E-state index contributed by atoms with van der Waals surface area (Å²) in [6.45, 7) is 3.24. The Kier molecular flexibility index (Phi) is 4.77. The van der Waals surface area contributed by atoms with Gasteiger partial charge in [0.15, 0.2) is 5.82 Å². The summed E-state index contributed by atoms with van der Waals surface area (Å²) in [6.07, 6.45) is 1.94. The fourth-order valence-corrected chi connectivity index (χ4v) is 3.45. The van der Waals surface area contributed by atoms with Crippen LogP contribution in [0.25, 0.3) is 11.1 Å². The lowest BCUT2D eigenvalue weighted by Crippen LogP contribution is -2.40. The van der Waals surface area contributed by atoms with Gasteiger partial charge in [0, 0.05) is 25.9 Å². The van der Waals surface area contributed by atoms with Crippen molar-refractivity contribution in [3.63, 3.8) is 0 Å². The molecule has 1 aliphatic rings. The molecule has 0 unspecified atom stereocenters. The van der Waals surface area contributed by atoms with E-state index in [1.807, 2.05) is 68.5 Å². The molecule has 1 aromatic heterocycles. The Morgan fingerprint density at radius 3 is 2.71 bits per heavy atom. The van der Waals surface area contributed by atoms with Crippen molar-refractivity contribution in [1.82, 2.24) is 9.78 Å². The van der Waals surface area contributed by atoms with E-state index in [0.717, 1.165) is 33.9 Å². The van der Waals surface area contributed by atoms with E-state index in [1.54, 1.807) is 9.58 Å². The first-order valence-corrected chi connectivity index (χ1v) is 9.37. The zero-order valence-corrected chi connectivity index (χ0v) is 16.4. The number of amides is 1. The molecule has 0 atom stereocenters. The number of aromatic nitrogens is 2. The van der Waals surface area contributed by atoms with E-state index in [2.05, 4.69) is 17.2 Å². The van der Waals surface area contributed by atoms with Crippen molar-refractivity contribution in [1.29, 1.82) is 0 Å². The van der Waals surface area contributed by atoms with Gasteiger partial charge in [-0.25, -0.2) is 0 Å². The highest BCUT2D eigenvalue weighted by molar-refractivity contribution is 5.95. The van der Waals surface area contributed by atoms with E-state index in [9.17, 15) is 4.79 Å². The monoisotopic (exact) mass is 376 g/mol. The Morgan fingerprint density at radius 1 is 1.18 bits per heavy atom. The minimum absolute atomic E-state index is 0.00238. The van der Waals surface area contributed by atoms with Crippen molar-refractivity contribution >= 4 is 17.4 Å². The number of hydrogen-bond acceptors (Lipinski definition) is 4. The molecule has 1 amide bonds. The highest BCUT2D eigenvalue weighted by atomic mass is 16.5. The lowest BCUT2D eigenvalue weighted by Gasteiger charge is -2.29. The summed E-state index contributed by atoms with van der Waals surface area (Å²) in [4.78, 5) is 16.8. The molecule has 0 saturated carbocycles. The molecule has 6 heteroatoms. The molecule has 2 aromatic carbocycles. The molecule has 0 aliphatic carbocycles. The lowest BCUT2D eigenvalue weighted by molar-refractivity contribution is -0.119. The highest BCUT2D eigenvalue weighted by Crippen LogP contribution is 2.33. The number of anilines is 2. The van der Waals surface area contributed by atoms with Gasteiger partial charge in [-0.1, -0.05) is 36.4 Å². The maximum absolute atomic E-state index is 13.1. The summed E-state index contributed by atoms with van der Waals surface area (Å²) in [5, 5.41) is 4.66. The van der Waals surface area contributed by atoms with E-state index in [0.29, 0.717) is 13.2 Å². The zero-order valence-electron chi connectivity index (χ0n) is 16.4. The number of ether oxygens (including phenoxy) is 1. The number of carbonyl (C=O) groups is 1. The van der Waals surface area contributed by atoms with Crippen LogP contribution in [0.15, 0.2) is 54.7 Å². The Bertz CT molecular complexity index is 995. The van der Waals surface area contributed by atoms with Crippen LogP contribution in [0.3, 0.4) is 0 Å². The van der Waals surface area contributed by atoms with Gasteiger partial charge in [-0.2, -0.15) is 5.10 Å². The molecule has 0 fully saturated rings. The zero-order chi connectivity index (χ0) is 19.7. The van der Waals surface area contributed by atoms with Crippen LogP contribution in [-0.2, 0) is 11.3 Å². The molecule has 28 heavy (non-hydrogen) atoms. The third-order valence-electron chi connectivity index (χ3n) is 4.83. The molecule has 0 bridgehead atoms. The molecular formula is C22H24N4O2. The van der Waals surface area contributed by atoms with Crippen LogP contribution in [0.1, 0.15) is 5.56 Å². The van der Waals surface area contributed by atoms with E-state index >= 15 is 0 Å². The second-order valence-electron chi connectivity index (χ2n) is 7.19. The number of nitrogens with zero attached hydrogens (tertiary/aromatic N) is 4. The Balaban J connectivity index is 1.62. The summed E-state index contributed by atoms with van der Waals surface area (Å²) < 4.78 is 7.43. The van der Waals surface area contributed by atoms with Gasteiger partial charge in [0.05, 0.1) is 12.2 Å². The highest BCUT2D eigenvalue weighted by Gasteiger charge is 2.25. The summed E-state index contributed by atoms with van der Waals surface area (Å²) in [7, 11) is 3.92. The molecule has 0 N–H and O–H groups in total. The van der Waals surface area contributed by atoms with E-state index in [1.165, 1.54) is 0 Å². The fraction of sp³-hybridized carbons (Fsp3) is 0.273. The summed E-state index contributed by atoms with van der Waals surface area (Å²) in [6, 6.07) is 16.0. The third-order valence-corrected chi connectivity index (χ3v) is 4.83. The number of carbonyl (C=O) groups excluding carboxylic acids is 1. The standard InChI is InChI=1S/C22H24N4O2/c1-16-9-10-20-19(13-16)26(11-12-28-20)21(27)15-25-14-18(22(23-25)24(2)3)17-7-5-4-6-8-17/h4-10,13-14H,11-12,15H2,1-3H3. The number of hydrogen-bond donors (Lipinski definition) is 0. The van der Waals surface area contributed by atoms with E-state index in [4.69, 9.17) is 4.74 Å². The van der Waals surface area contributed by atoms with Crippen LogP contribution < -0.4 is 14.5 Å². The van der Waals surface area contributed by atoms with E-state index in [-0.39, 0.29) is 12.5 Å². The van der Waals surface area contributed by atoms with Crippen molar-refractivity contribution in [3.8, 4) is 16.9 Å².